The number of aromatic nitrogens is 1. The van der Waals surface area contributed by atoms with Crippen LogP contribution in [0.15, 0.2) is 0 Å². The summed E-state index contributed by atoms with van der Waals surface area (Å²) in [6.07, 6.45) is -0.181. The molecule has 31 heavy (non-hydrogen) atoms. The molecule has 3 spiro atoms. The number of carbonyl (C=O) groups excluding carboxylic acids is 1. The molecule has 0 aromatic carbocycles. The summed E-state index contributed by atoms with van der Waals surface area (Å²) in [5.41, 5.74) is -2.50. The Morgan fingerprint density at radius 2 is 2.03 bits per heavy atom. The molecule has 3 saturated carbocycles. The molecule has 4 heterocycles. The number of aliphatic hydroxyl groups is 3. The highest BCUT2D eigenvalue weighted by atomic mass is 32.1. The number of fused-ring (bicyclic) bond motifs is 4. The molecule has 8 nitrogen and oxygen atoms in total. The first-order valence-corrected chi connectivity index (χ1v) is 12.1. The third kappa shape index (κ3) is 1.68. The summed E-state index contributed by atoms with van der Waals surface area (Å²) in [6.45, 7) is 4.97. The summed E-state index contributed by atoms with van der Waals surface area (Å²) < 4.78 is 6.12. The number of hydrogen-bond acceptors (Lipinski definition) is 9. The molecule has 1 aromatic heterocycles. The number of ketones is 1. The van der Waals surface area contributed by atoms with E-state index in [1.165, 1.54) is 0 Å². The van der Waals surface area contributed by atoms with E-state index in [1.807, 2.05) is 7.98 Å². The zero-order chi connectivity index (χ0) is 21.8. The molecule has 4 aliphatic carbocycles. The molecule has 10 heteroatoms. The Hall–Kier alpha value is -1.04. The Bertz CT molecular complexity index is 1040. The minimum Gasteiger partial charge on any atom is -0.411 e. The van der Waals surface area contributed by atoms with Crippen molar-refractivity contribution < 1.29 is 24.9 Å². The van der Waals surface area contributed by atoms with E-state index in [0.29, 0.717) is 19.4 Å². The van der Waals surface area contributed by atoms with Crippen molar-refractivity contribution in [3.05, 3.63) is 10.6 Å². The fraction of sp³-hybridized carbons (Fsp3) is 0.810. The van der Waals surface area contributed by atoms with Crippen LogP contribution in [0.3, 0.4) is 0 Å². The van der Waals surface area contributed by atoms with Gasteiger partial charge in [0.25, 0.3) is 0 Å². The van der Waals surface area contributed by atoms with Crippen LogP contribution in [0.5, 0.6) is 0 Å². The predicted molar refractivity (Wildman–Crippen MR) is 114 cm³/mol. The quantitative estimate of drug-likeness (QED) is 0.273. The van der Waals surface area contributed by atoms with Crippen LogP contribution in [-0.4, -0.2) is 70.8 Å². The van der Waals surface area contributed by atoms with Gasteiger partial charge in [-0.2, -0.15) is 0 Å². The molecule has 7 aliphatic rings. The number of anilines is 1. The van der Waals surface area contributed by atoms with Crippen molar-refractivity contribution in [2.75, 3.05) is 18.4 Å². The van der Waals surface area contributed by atoms with E-state index in [9.17, 15) is 20.1 Å². The van der Waals surface area contributed by atoms with Crippen LogP contribution in [0.2, 0.25) is 0 Å². The van der Waals surface area contributed by atoms with E-state index in [4.69, 9.17) is 9.72 Å². The Labute approximate surface area is 185 Å². The third-order valence-corrected chi connectivity index (χ3v) is 11.0. The summed E-state index contributed by atoms with van der Waals surface area (Å²) in [5.74, 6) is -3.19. The van der Waals surface area contributed by atoms with E-state index in [2.05, 4.69) is 24.4 Å². The van der Waals surface area contributed by atoms with Crippen molar-refractivity contribution in [2.24, 2.45) is 28.6 Å². The molecule has 3 aliphatic heterocycles. The first kappa shape index (κ1) is 19.4. The summed E-state index contributed by atoms with van der Waals surface area (Å²) in [5, 5.41) is 42.6. The Morgan fingerprint density at radius 1 is 1.29 bits per heavy atom. The smallest absolute Gasteiger partial charge is 0.216 e. The van der Waals surface area contributed by atoms with Crippen molar-refractivity contribution in [3.8, 4) is 0 Å². The normalized spacial score (nSPS) is 55.0. The first-order chi connectivity index (χ1) is 14.6. The Morgan fingerprint density at radius 3 is 2.71 bits per heavy atom. The van der Waals surface area contributed by atoms with Gasteiger partial charge in [-0.1, -0.05) is 13.8 Å². The number of hydrogen-bond donors (Lipinski definition) is 5. The number of carbonyl (C=O) groups is 1. The maximum atomic E-state index is 14.1. The van der Waals surface area contributed by atoms with Crippen molar-refractivity contribution in [1.29, 1.82) is 0 Å². The molecular formula is C21H28BN3O5S. The number of nitrogens with one attached hydrogen (secondary N) is 2. The minimum atomic E-state index is -2.09. The maximum Gasteiger partial charge on any atom is 0.216 e. The lowest BCUT2D eigenvalue weighted by molar-refractivity contribution is -0.429. The lowest BCUT2D eigenvalue weighted by Gasteiger charge is -2.73. The second-order valence-electron chi connectivity index (χ2n) is 11.4. The van der Waals surface area contributed by atoms with Gasteiger partial charge < -0.3 is 30.6 Å². The van der Waals surface area contributed by atoms with Gasteiger partial charge in [-0.15, -0.1) is 11.3 Å². The Balaban J connectivity index is 1.55. The van der Waals surface area contributed by atoms with Crippen LogP contribution in [0.4, 0.5) is 5.13 Å². The number of nitrogens with zero attached hydrogens (tertiary/aromatic N) is 1. The summed E-state index contributed by atoms with van der Waals surface area (Å²) in [4.78, 5) is 20.2. The molecule has 0 radical (unpaired) electrons. The fourth-order valence-electron chi connectivity index (χ4n) is 8.97. The molecule has 5 N–H and O–H groups in total. The number of aliphatic hydroxyl groups excluding tert-OH is 2. The van der Waals surface area contributed by atoms with Crippen LogP contribution in [0.1, 0.15) is 37.3 Å². The summed E-state index contributed by atoms with van der Waals surface area (Å²) in [6, 6.07) is 0. The van der Waals surface area contributed by atoms with Crippen molar-refractivity contribution in [3.63, 3.8) is 0 Å². The number of ether oxygens (including phenoxy) is 1. The first-order valence-electron chi connectivity index (χ1n) is 11.3. The Kier molecular flexibility index (Phi) is 3.26. The fourth-order valence-corrected chi connectivity index (χ4v) is 10.2. The molecule has 6 fully saturated rings. The second-order valence-corrected chi connectivity index (χ2v) is 12.4. The van der Waals surface area contributed by atoms with Crippen LogP contribution < -0.4 is 10.5 Å². The van der Waals surface area contributed by atoms with E-state index in [-0.39, 0.29) is 35.6 Å². The molecule has 8 rings (SSSR count). The zero-order valence-corrected chi connectivity index (χ0v) is 18.8. The number of Topliss-reactive ketones (excluding diaryl/α,β-unsaturated/α-hetero) is 1. The van der Waals surface area contributed by atoms with Crippen molar-refractivity contribution >= 4 is 30.2 Å². The van der Waals surface area contributed by atoms with Gasteiger partial charge in [-0.3, -0.25) is 4.79 Å². The third-order valence-electron chi connectivity index (χ3n) is 9.96. The zero-order valence-electron chi connectivity index (χ0n) is 17.9. The molecule has 9 atom stereocenters. The van der Waals surface area contributed by atoms with E-state index < -0.39 is 34.4 Å². The average molecular weight is 445 g/mol. The van der Waals surface area contributed by atoms with E-state index >= 15 is 0 Å². The van der Waals surface area contributed by atoms with Gasteiger partial charge in [-0.05, 0) is 30.6 Å². The lowest BCUT2D eigenvalue weighted by atomic mass is 9.36. The predicted octanol–water partition coefficient (Wildman–Crippen LogP) is -1.07. The minimum absolute atomic E-state index is 0.173. The molecule has 4 bridgehead atoms. The van der Waals surface area contributed by atoms with Crippen LogP contribution >= 0.6 is 11.3 Å². The topological polar surface area (TPSA) is 134 Å². The second kappa shape index (κ2) is 5.21. The summed E-state index contributed by atoms with van der Waals surface area (Å²) >= 11 is 1.61. The van der Waals surface area contributed by atoms with Gasteiger partial charge in [-0.25, -0.2) is 4.98 Å². The van der Waals surface area contributed by atoms with Gasteiger partial charge in [0.2, 0.25) is 13.8 Å². The number of rotatable bonds is 1. The number of thiazole rings is 1. The van der Waals surface area contributed by atoms with Crippen molar-refractivity contribution in [1.82, 2.24) is 10.3 Å². The van der Waals surface area contributed by atoms with Gasteiger partial charge in [0.05, 0.1) is 23.9 Å². The molecule has 166 valence electrons. The highest BCUT2D eigenvalue weighted by Gasteiger charge is 2.90. The van der Waals surface area contributed by atoms with Gasteiger partial charge in [0.1, 0.15) is 11.5 Å². The average Bonchev–Trinajstić information content (AvgIpc) is 3.40. The van der Waals surface area contributed by atoms with E-state index in [0.717, 1.165) is 22.1 Å². The highest BCUT2D eigenvalue weighted by molar-refractivity contribution is 7.16. The maximum absolute atomic E-state index is 14.1. The molecule has 3 unspecified atom stereocenters. The van der Waals surface area contributed by atoms with Gasteiger partial charge >= 0.3 is 0 Å². The monoisotopic (exact) mass is 445 g/mol. The van der Waals surface area contributed by atoms with E-state index in [1.54, 1.807) is 11.3 Å². The largest absolute Gasteiger partial charge is 0.411 e. The van der Waals surface area contributed by atoms with Gasteiger partial charge in [0.15, 0.2) is 10.9 Å². The molecule has 1 aromatic rings. The van der Waals surface area contributed by atoms with Crippen LogP contribution in [0.25, 0.3) is 0 Å². The lowest BCUT2D eigenvalue weighted by Crippen LogP contribution is -2.85. The SMILES string of the molecule is BNc1nc2c(s1)CC(C)(C)C1[C@H](O)[C@]3(O)OC[C@@]21C1CC[C@@H]2[C@@H](O)[C@@]13C(=O)C21CN1. The molecular weight excluding hydrogens is 417 g/mol. The molecule has 3 saturated heterocycles. The van der Waals surface area contributed by atoms with Gasteiger partial charge in [0, 0.05) is 28.7 Å². The summed E-state index contributed by atoms with van der Waals surface area (Å²) in [7, 11) is 1.84. The highest BCUT2D eigenvalue weighted by Crippen LogP contribution is 2.77. The van der Waals surface area contributed by atoms with Crippen molar-refractivity contribution in [2.45, 2.75) is 62.1 Å². The standard InChI is InChI=1S/C21H28BN3O5S/c1-17(2)5-9-12(24-16(25-22)31-9)18-7-30-21(29,14(27)11(17)18)20-10(18)4-3-8(13(20)26)19(6-23-19)15(20)28/h8,10-11,13-14,23,26-27,29H,3-7,22H2,1-2H3,(H,24,25)/t8-,10?,11?,13-,14+,18+,19?,20-,21+/m1/s1. The molecule has 0 amide bonds. The van der Waals surface area contributed by atoms with Crippen LogP contribution in [0, 0.1) is 28.6 Å². The van der Waals surface area contributed by atoms with Crippen LogP contribution in [-0.2, 0) is 21.4 Å².